The number of carbonyl (C=O) groups excluding carboxylic acids is 1. The van der Waals surface area contributed by atoms with Gasteiger partial charge in [-0.05, 0) is 36.4 Å². The number of carbonyl (C=O) groups is 1. The lowest BCUT2D eigenvalue weighted by Gasteiger charge is -2.26. The first kappa shape index (κ1) is 17.6. The molecule has 1 aromatic carbocycles. The predicted octanol–water partition coefficient (Wildman–Crippen LogP) is 3.74. The minimum absolute atomic E-state index is 0.0443. The summed E-state index contributed by atoms with van der Waals surface area (Å²) in [6.45, 7) is 0.315. The summed E-state index contributed by atoms with van der Waals surface area (Å²) in [6.07, 6.45) is 7.50. The molecule has 6 nitrogen and oxygen atoms in total. The summed E-state index contributed by atoms with van der Waals surface area (Å²) in [4.78, 5) is 17.2. The van der Waals surface area contributed by atoms with Crippen molar-refractivity contribution >= 4 is 23.5 Å². The average Bonchev–Trinajstić information content (AvgIpc) is 3.23. The van der Waals surface area contributed by atoms with Crippen molar-refractivity contribution in [3.8, 4) is 12.1 Å². The van der Waals surface area contributed by atoms with Crippen LogP contribution in [0.15, 0.2) is 30.6 Å². The Balaban J connectivity index is 1.62. The van der Waals surface area contributed by atoms with Crippen LogP contribution in [0.5, 0.6) is 0 Å². The van der Waals surface area contributed by atoms with Crippen molar-refractivity contribution in [2.75, 3.05) is 4.31 Å². The lowest BCUT2D eigenvalue weighted by Crippen LogP contribution is -2.27. The van der Waals surface area contributed by atoms with E-state index in [1.165, 1.54) is 25.6 Å². The molecule has 1 aliphatic carbocycles. The lowest BCUT2D eigenvalue weighted by molar-refractivity contribution is -0.118. The largest absolute Gasteiger partial charge is 0.320 e. The number of benzene rings is 1. The molecule has 136 valence electrons. The van der Waals surface area contributed by atoms with Crippen molar-refractivity contribution in [1.82, 2.24) is 9.55 Å². The molecule has 1 amide bonds. The van der Waals surface area contributed by atoms with Crippen molar-refractivity contribution in [3.63, 3.8) is 0 Å². The van der Waals surface area contributed by atoms with Gasteiger partial charge in [0, 0.05) is 11.8 Å². The molecule has 2 aliphatic rings. The summed E-state index contributed by atoms with van der Waals surface area (Å²) < 4.78 is 3.47. The van der Waals surface area contributed by atoms with E-state index in [0.717, 1.165) is 24.1 Å². The molecule has 0 spiro atoms. The lowest BCUT2D eigenvalue weighted by atomic mass is 10.0. The number of amides is 1. The molecule has 2 heterocycles. The third-order valence-electron chi connectivity index (χ3n) is 5.26. The number of para-hydroxylation sites is 1. The Morgan fingerprint density at radius 2 is 1.93 bits per heavy atom. The van der Waals surface area contributed by atoms with E-state index in [9.17, 15) is 10.1 Å². The quantitative estimate of drug-likeness (QED) is 0.758. The Labute approximate surface area is 162 Å². The number of aromatic nitrogens is 2. The highest BCUT2D eigenvalue weighted by atomic mass is 32.2. The fourth-order valence-corrected chi connectivity index (χ4v) is 5.23. The summed E-state index contributed by atoms with van der Waals surface area (Å²) in [5, 5.41) is 18.9. The predicted molar refractivity (Wildman–Crippen MR) is 103 cm³/mol. The summed E-state index contributed by atoms with van der Waals surface area (Å²) in [5.41, 5.74) is 2.23. The van der Waals surface area contributed by atoms with Gasteiger partial charge in [0.25, 0.3) is 0 Å². The number of hydrogen-bond donors (Lipinski definition) is 0. The minimum Gasteiger partial charge on any atom is -0.320 e. The standard InChI is InChI=1S/C20H19N5OS/c21-10-17-19(11-22)24(13-23-17)12-16-15-8-4-5-9-18(15)25(20(16)26)27-14-6-2-1-3-7-14/h4-5,8-9,13-14,16H,1-3,6-7,12H2. The molecule has 0 bridgehead atoms. The molecule has 1 saturated carbocycles. The van der Waals surface area contributed by atoms with E-state index in [2.05, 4.69) is 4.98 Å². The molecular formula is C20H19N5OS. The second-order valence-corrected chi connectivity index (χ2v) is 8.17. The molecule has 2 aromatic rings. The fraction of sp³-hybridized carbons (Fsp3) is 0.400. The highest BCUT2D eigenvalue weighted by Crippen LogP contribution is 2.44. The van der Waals surface area contributed by atoms with Crippen LogP contribution in [-0.2, 0) is 11.3 Å². The van der Waals surface area contributed by atoms with Crippen LogP contribution < -0.4 is 4.31 Å². The maximum absolute atomic E-state index is 13.2. The second-order valence-electron chi connectivity index (χ2n) is 6.93. The van der Waals surface area contributed by atoms with Crippen LogP contribution in [-0.4, -0.2) is 20.7 Å². The Morgan fingerprint density at radius 1 is 1.15 bits per heavy atom. The number of anilines is 1. The maximum atomic E-state index is 13.2. The number of rotatable bonds is 4. The topological polar surface area (TPSA) is 85.7 Å². The van der Waals surface area contributed by atoms with Gasteiger partial charge in [0.15, 0.2) is 11.4 Å². The zero-order valence-corrected chi connectivity index (χ0v) is 15.7. The molecule has 27 heavy (non-hydrogen) atoms. The Morgan fingerprint density at radius 3 is 2.67 bits per heavy atom. The Hall–Kier alpha value is -2.77. The molecule has 1 atom stereocenters. The fourth-order valence-electron chi connectivity index (χ4n) is 3.88. The van der Waals surface area contributed by atoms with Gasteiger partial charge in [-0.15, -0.1) is 0 Å². The molecule has 0 N–H and O–H groups in total. The normalized spacial score (nSPS) is 19.6. The summed E-state index contributed by atoms with van der Waals surface area (Å²) in [6, 6.07) is 11.8. The van der Waals surface area contributed by atoms with Crippen LogP contribution in [0.3, 0.4) is 0 Å². The highest BCUT2D eigenvalue weighted by molar-refractivity contribution is 8.02. The van der Waals surface area contributed by atoms with Crippen molar-refractivity contribution in [1.29, 1.82) is 10.5 Å². The van der Waals surface area contributed by atoms with Gasteiger partial charge >= 0.3 is 0 Å². The third kappa shape index (κ3) is 3.20. The maximum Gasteiger partial charge on any atom is 0.246 e. The molecule has 4 rings (SSSR count). The molecular weight excluding hydrogens is 358 g/mol. The third-order valence-corrected chi connectivity index (χ3v) is 6.62. The van der Waals surface area contributed by atoms with Crippen molar-refractivity contribution < 1.29 is 4.79 Å². The zero-order valence-electron chi connectivity index (χ0n) is 14.8. The van der Waals surface area contributed by atoms with E-state index < -0.39 is 0 Å². The second kappa shape index (κ2) is 7.46. The number of nitriles is 2. The van der Waals surface area contributed by atoms with Crippen LogP contribution in [0, 0.1) is 22.7 Å². The van der Waals surface area contributed by atoms with E-state index in [1.807, 2.05) is 40.7 Å². The monoisotopic (exact) mass is 377 g/mol. The van der Waals surface area contributed by atoms with Gasteiger partial charge in [-0.3, -0.25) is 9.10 Å². The van der Waals surface area contributed by atoms with Crippen molar-refractivity contribution in [2.45, 2.75) is 49.8 Å². The molecule has 1 aliphatic heterocycles. The number of fused-ring (bicyclic) bond motifs is 1. The van der Waals surface area contributed by atoms with Gasteiger partial charge in [-0.25, -0.2) is 4.98 Å². The van der Waals surface area contributed by atoms with Gasteiger partial charge < -0.3 is 4.57 Å². The SMILES string of the molecule is N#Cc1ncn(CC2C(=O)N(SC3CCCCC3)c3ccccc32)c1C#N. The average molecular weight is 377 g/mol. The van der Waals surface area contributed by atoms with Crippen LogP contribution in [0.25, 0.3) is 0 Å². The Bertz CT molecular complexity index is 948. The van der Waals surface area contributed by atoms with E-state index in [0.29, 0.717) is 11.8 Å². The first-order valence-electron chi connectivity index (χ1n) is 9.18. The summed E-state index contributed by atoms with van der Waals surface area (Å²) >= 11 is 1.65. The first-order valence-corrected chi connectivity index (χ1v) is 10.0. The molecule has 0 saturated heterocycles. The van der Waals surface area contributed by atoms with E-state index in [1.54, 1.807) is 16.5 Å². The number of hydrogen-bond acceptors (Lipinski definition) is 5. The van der Waals surface area contributed by atoms with Gasteiger partial charge in [0.05, 0.1) is 17.9 Å². The van der Waals surface area contributed by atoms with Gasteiger partial charge in [-0.2, -0.15) is 10.5 Å². The van der Waals surface area contributed by atoms with E-state index in [-0.39, 0.29) is 23.2 Å². The first-order chi connectivity index (χ1) is 13.2. The summed E-state index contributed by atoms with van der Waals surface area (Å²) in [7, 11) is 0. The van der Waals surface area contributed by atoms with Gasteiger partial charge in [-0.1, -0.05) is 37.5 Å². The number of imidazole rings is 1. The van der Waals surface area contributed by atoms with Crippen LogP contribution >= 0.6 is 11.9 Å². The molecule has 1 unspecified atom stereocenters. The summed E-state index contributed by atoms with van der Waals surface area (Å²) in [5.74, 6) is -0.326. The molecule has 0 radical (unpaired) electrons. The van der Waals surface area contributed by atoms with Crippen LogP contribution in [0.1, 0.15) is 55.0 Å². The van der Waals surface area contributed by atoms with Crippen molar-refractivity contribution in [3.05, 3.63) is 47.5 Å². The smallest absolute Gasteiger partial charge is 0.246 e. The van der Waals surface area contributed by atoms with Gasteiger partial charge in [0.1, 0.15) is 12.1 Å². The van der Waals surface area contributed by atoms with E-state index in [4.69, 9.17) is 5.26 Å². The molecule has 1 fully saturated rings. The van der Waals surface area contributed by atoms with Gasteiger partial charge in [0.2, 0.25) is 5.91 Å². The van der Waals surface area contributed by atoms with Crippen LogP contribution in [0.2, 0.25) is 0 Å². The highest BCUT2D eigenvalue weighted by Gasteiger charge is 2.39. The molecule has 7 heteroatoms. The minimum atomic E-state index is -0.370. The zero-order chi connectivity index (χ0) is 18.8. The molecule has 1 aromatic heterocycles. The van der Waals surface area contributed by atoms with Crippen LogP contribution in [0.4, 0.5) is 5.69 Å². The Kier molecular flexibility index (Phi) is 4.87. The van der Waals surface area contributed by atoms with E-state index >= 15 is 0 Å². The van der Waals surface area contributed by atoms with Crippen molar-refractivity contribution in [2.24, 2.45) is 0 Å². The number of nitrogens with zero attached hydrogens (tertiary/aromatic N) is 5.